The fourth-order valence-electron chi connectivity index (χ4n) is 1.83. The first-order valence-electron chi connectivity index (χ1n) is 5.77. The molecule has 1 aromatic heterocycles. The van der Waals surface area contributed by atoms with Crippen molar-refractivity contribution in [3.8, 4) is 0 Å². The lowest BCUT2D eigenvalue weighted by Gasteiger charge is -2.07. The smallest absolute Gasteiger partial charge is 0.154 e. The third kappa shape index (κ3) is 2.34. The number of aromatic nitrogens is 2. The van der Waals surface area contributed by atoms with Crippen molar-refractivity contribution in [3.05, 3.63) is 40.6 Å². The van der Waals surface area contributed by atoms with Crippen molar-refractivity contribution in [2.75, 3.05) is 0 Å². The highest BCUT2D eigenvalue weighted by molar-refractivity contribution is 7.99. The number of aryl methyl sites for hydroxylation is 4. The molecule has 0 saturated heterocycles. The normalized spacial score (nSPS) is 10.7. The van der Waals surface area contributed by atoms with Crippen molar-refractivity contribution < 1.29 is 4.79 Å². The fraction of sp³-hybridized carbons (Fsp3) is 0.286. The summed E-state index contributed by atoms with van der Waals surface area (Å²) in [4.78, 5) is 12.3. The van der Waals surface area contributed by atoms with E-state index in [2.05, 4.69) is 37.1 Å². The van der Waals surface area contributed by atoms with Gasteiger partial charge in [0.15, 0.2) is 6.29 Å². The molecule has 0 aliphatic rings. The minimum Gasteiger partial charge on any atom is -0.298 e. The van der Waals surface area contributed by atoms with E-state index in [1.807, 2.05) is 14.0 Å². The van der Waals surface area contributed by atoms with E-state index in [1.54, 1.807) is 16.4 Å². The molecule has 0 saturated carbocycles. The van der Waals surface area contributed by atoms with Crippen molar-refractivity contribution in [1.82, 2.24) is 9.78 Å². The van der Waals surface area contributed by atoms with E-state index < -0.39 is 0 Å². The van der Waals surface area contributed by atoms with Crippen LogP contribution in [0.1, 0.15) is 27.2 Å². The lowest BCUT2D eigenvalue weighted by Crippen LogP contribution is -1.94. The number of hydrogen-bond donors (Lipinski definition) is 0. The van der Waals surface area contributed by atoms with Crippen LogP contribution in [0.25, 0.3) is 0 Å². The van der Waals surface area contributed by atoms with Crippen LogP contribution in [-0.2, 0) is 7.05 Å². The van der Waals surface area contributed by atoms with Gasteiger partial charge < -0.3 is 0 Å². The van der Waals surface area contributed by atoms with E-state index in [-0.39, 0.29) is 0 Å². The van der Waals surface area contributed by atoms with Gasteiger partial charge in [-0.2, -0.15) is 5.10 Å². The van der Waals surface area contributed by atoms with Crippen LogP contribution >= 0.6 is 11.8 Å². The van der Waals surface area contributed by atoms with E-state index in [9.17, 15) is 4.79 Å². The Balaban J connectivity index is 2.45. The maximum Gasteiger partial charge on any atom is 0.154 e. The molecular formula is C14H16N2OS. The first kappa shape index (κ1) is 12.9. The molecule has 0 radical (unpaired) electrons. The molecule has 0 aliphatic heterocycles. The number of nitrogens with zero attached hydrogens (tertiary/aromatic N) is 2. The van der Waals surface area contributed by atoms with E-state index >= 15 is 0 Å². The average molecular weight is 260 g/mol. The summed E-state index contributed by atoms with van der Waals surface area (Å²) in [6.07, 6.45) is 0.885. The van der Waals surface area contributed by atoms with Gasteiger partial charge in [0.2, 0.25) is 0 Å². The van der Waals surface area contributed by atoms with Gasteiger partial charge in [0.1, 0.15) is 5.03 Å². The summed E-state index contributed by atoms with van der Waals surface area (Å²) in [5.74, 6) is 0. The van der Waals surface area contributed by atoms with Gasteiger partial charge in [-0.05, 0) is 38.0 Å². The van der Waals surface area contributed by atoms with Crippen molar-refractivity contribution >= 4 is 18.0 Å². The van der Waals surface area contributed by atoms with Crippen molar-refractivity contribution in [2.24, 2.45) is 7.05 Å². The van der Waals surface area contributed by atoms with Gasteiger partial charge in [0, 0.05) is 11.9 Å². The number of benzene rings is 1. The van der Waals surface area contributed by atoms with E-state index in [0.717, 1.165) is 17.0 Å². The fourth-order valence-corrected chi connectivity index (χ4v) is 2.99. The van der Waals surface area contributed by atoms with Crippen LogP contribution in [0.4, 0.5) is 0 Å². The summed E-state index contributed by atoms with van der Waals surface area (Å²) in [6.45, 7) is 6.00. The van der Waals surface area contributed by atoms with Gasteiger partial charge >= 0.3 is 0 Å². The topological polar surface area (TPSA) is 34.9 Å². The van der Waals surface area contributed by atoms with Crippen LogP contribution in [0.15, 0.2) is 28.1 Å². The molecule has 2 aromatic rings. The SMILES string of the molecule is Cc1ccc(C)c(Sc2c(C=O)c(C)nn2C)c1. The van der Waals surface area contributed by atoms with E-state index in [4.69, 9.17) is 0 Å². The number of aldehydes is 1. The number of carbonyl (C=O) groups is 1. The van der Waals surface area contributed by atoms with Gasteiger partial charge in [0.25, 0.3) is 0 Å². The minimum atomic E-state index is 0.684. The molecule has 0 N–H and O–H groups in total. The monoisotopic (exact) mass is 260 g/mol. The maximum atomic E-state index is 11.1. The van der Waals surface area contributed by atoms with Crippen LogP contribution in [0, 0.1) is 20.8 Å². The molecule has 0 fully saturated rings. The second-order valence-corrected chi connectivity index (χ2v) is 5.45. The maximum absolute atomic E-state index is 11.1. The van der Waals surface area contributed by atoms with Gasteiger partial charge in [-0.25, -0.2) is 0 Å². The molecule has 2 rings (SSSR count). The Labute approximate surface area is 111 Å². The number of carbonyl (C=O) groups excluding carboxylic acids is 1. The molecule has 0 unspecified atom stereocenters. The zero-order chi connectivity index (χ0) is 13.3. The van der Waals surface area contributed by atoms with Gasteiger partial charge in [-0.3, -0.25) is 9.48 Å². The number of rotatable bonds is 3. The highest BCUT2D eigenvalue weighted by Gasteiger charge is 2.14. The molecule has 0 bridgehead atoms. The first-order chi connectivity index (χ1) is 8.52. The Bertz CT molecular complexity index is 602. The lowest BCUT2D eigenvalue weighted by atomic mass is 10.2. The zero-order valence-corrected chi connectivity index (χ0v) is 11.8. The highest BCUT2D eigenvalue weighted by atomic mass is 32.2. The highest BCUT2D eigenvalue weighted by Crippen LogP contribution is 2.33. The lowest BCUT2D eigenvalue weighted by molar-refractivity contribution is 0.112. The minimum absolute atomic E-state index is 0.684. The van der Waals surface area contributed by atoms with Crippen molar-refractivity contribution in [1.29, 1.82) is 0 Å². The molecule has 18 heavy (non-hydrogen) atoms. The Morgan fingerprint density at radius 3 is 2.67 bits per heavy atom. The molecule has 4 heteroatoms. The standard InChI is InChI=1S/C14H16N2OS/c1-9-5-6-10(2)13(7-9)18-14-12(8-17)11(3)15-16(14)4/h5-8H,1-4H3. The third-order valence-corrected chi connectivity index (χ3v) is 4.22. The second kappa shape index (κ2) is 4.98. The molecule has 0 atom stereocenters. The molecular weight excluding hydrogens is 244 g/mol. The summed E-state index contributed by atoms with van der Waals surface area (Å²) < 4.78 is 1.77. The first-order valence-corrected chi connectivity index (χ1v) is 6.58. The quantitative estimate of drug-likeness (QED) is 0.794. The van der Waals surface area contributed by atoms with Crippen molar-refractivity contribution in [3.63, 3.8) is 0 Å². The van der Waals surface area contributed by atoms with E-state index in [1.165, 1.54) is 16.0 Å². The van der Waals surface area contributed by atoms with Gasteiger partial charge in [-0.15, -0.1) is 0 Å². The summed E-state index contributed by atoms with van der Waals surface area (Å²) in [6, 6.07) is 6.33. The van der Waals surface area contributed by atoms with E-state index in [0.29, 0.717) is 5.56 Å². The summed E-state index contributed by atoms with van der Waals surface area (Å²) in [7, 11) is 1.87. The predicted molar refractivity (Wildman–Crippen MR) is 73.4 cm³/mol. The third-order valence-electron chi connectivity index (χ3n) is 2.88. The molecule has 1 aromatic carbocycles. The summed E-state index contributed by atoms with van der Waals surface area (Å²) in [5, 5.41) is 5.19. The molecule has 0 spiro atoms. The van der Waals surface area contributed by atoms with Crippen LogP contribution in [0.5, 0.6) is 0 Å². The zero-order valence-electron chi connectivity index (χ0n) is 11.0. The predicted octanol–water partition coefficient (Wildman–Crippen LogP) is 3.31. The van der Waals surface area contributed by atoms with Gasteiger partial charge in [0.05, 0.1) is 11.3 Å². The molecule has 3 nitrogen and oxygen atoms in total. The Morgan fingerprint density at radius 2 is 2.00 bits per heavy atom. The van der Waals surface area contributed by atoms with Crippen molar-refractivity contribution in [2.45, 2.75) is 30.7 Å². The Kier molecular flexibility index (Phi) is 3.57. The number of hydrogen-bond acceptors (Lipinski definition) is 3. The van der Waals surface area contributed by atoms with Crippen LogP contribution in [0.3, 0.4) is 0 Å². The molecule has 1 heterocycles. The second-order valence-electron chi connectivity index (χ2n) is 4.42. The average Bonchev–Trinajstić information content (AvgIpc) is 2.58. The molecule has 94 valence electrons. The van der Waals surface area contributed by atoms with Crippen LogP contribution in [-0.4, -0.2) is 16.1 Å². The molecule has 0 amide bonds. The Hall–Kier alpha value is -1.55. The summed E-state index contributed by atoms with van der Waals surface area (Å²) in [5.41, 5.74) is 3.89. The summed E-state index contributed by atoms with van der Waals surface area (Å²) >= 11 is 1.60. The van der Waals surface area contributed by atoms with Gasteiger partial charge in [-0.1, -0.05) is 23.9 Å². The molecule has 0 aliphatic carbocycles. The Morgan fingerprint density at radius 1 is 1.28 bits per heavy atom. The largest absolute Gasteiger partial charge is 0.298 e. The van der Waals surface area contributed by atoms with Crippen LogP contribution in [0.2, 0.25) is 0 Å². The van der Waals surface area contributed by atoms with Crippen LogP contribution < -0.4 is 0 Å².